The molecule has 1 aromatic carbocycles. The van der Waals surface area contributed by atoms with E-state index in [1.54, 1.807) is 12.1 Å². The molecular formula is C13H10BrN3O3. The van der Waals surface area contributed by atoms with Crippen LogP contribution in [0.1, 0.15) is 15.9 Å². The monoisotopic (exact) mass is 335 g/mol. The number of hydrogen-bond acceptors (Lipinski definition) is 4. The minimum Gasteiger partial charge on any atom is -0.619 e. The van der Waals surface area contributed by atoms with Crippen LogP contribution in [-0.4, -0.2) is 17.2 Å². The van der Waals surface area contributed by atoms with Crippen LogP contribution in [0, 0.1) is 5.21 Å². The molecule has 0 radical (unpaired) electrons. The molecule has 0 fully saturated rings. The molecule has 0 spiro atoms. The Morgan fingerprint density at radius 1 is 1.45 bits per heavy atom. The summed E-state index contributed by atoms with van der Waals surface area (Å²) in [5.41, 5.74) is 2.92. The number of phenolic OH excluding ortho intramolecular Hbond substituents is 1. The lowest BCUT2D eigenvalue weighted by Crippen LogP contribution is -2.28. The molecule has 0 aliphatic heterocycles. The van der Waals surface area contributed by atoms with E-state index in [1.807, 2.05) is 0 Å². The summed E-state index contributed by atoms with van der Waals surface area (Å²) in [4.78, 5) is 11.7. The van der Waals surface area contributed by atoms with Crippen molar-refractivity contribution in [2.24, 2.45) is 5.10 Å². The molecule has 20 heavy (non-hydrogen) atoms. The summed E-state index contributed by atoms with van der Waals surface area (Å²) >= 11 is 3.26. The fourth-order valence-electron chi connectivity index (χ4n) is 1.44. The molecule has 0 bridgehead atoms. The van der Waals surface area contributed by atoms with Gasteiger partial charge in [-0.2, -0.15) is 9.83 Å². The van der Waals surface area contributed by atoms with Gasteiger partial charge in [0.1, 0.15) is 11.3 Å². The summed E-state index contributed by atoms with van der Waals surface area (Å²) in [6, 6.07) is 7.80. The van der Waals surface area contributed by atoms with Crippen LogP contribution in [0.5, 0.6) is 5.75 Å². The average molecular weight is 336 g/mol. The topological polar surface area (TPSA) is 88.6 Å². The number of amides is 1. The quantitative estimate of drug-likeness (QED) is 0.386. The van der Waals surface area contributed by atoms with Crippen LogP contribution in [0.2, 0.25) is 0 Å². The first-order chi connectivity index (χ1) is 9.56. The van der Waals surface area contributed by atoms with Crippen molar-refractivity contribution in [3.05, 3.63) is 63.5 Å². The Hall–Kier alpha value is -2.41. The zero-order chi connectivity index (χ0) is 14.5. The Labute approximate surface area is 123 Å². The number of nitrogens with one attached hydrogen (secondary N) is 1. The second kappa shape index (κ2) is 6.16. The number of rotatable bonds is 3. The molecule has 102 valence electrons. The standard InChI is InChI=1S/C13H10BrN3O3/c14-11-3-4-12(18)10(6-11)7-15-16-13(19)9-2-1-5-17(20)8-9/h1-8,18H,(H,16,19)/b15-7+. The van der Waals surface area contributed by atoms with E-state index in [9.17, 15) is 15.1 Å². The number of benzene rings is 1. The molecule has 0 atom stereocenters. The van der Waals surface area contributed by atoms with Gasteiger partial charge in [0, 0.05) is 16.1 Å². The number of hydrogen-bond donors (Lipinski definition) is 2. The van der Waals surface area contributed by atoms with Crippen LogP contribution in [-0.2, 0) is 0 Å². The molecule has 1 heterocycles. The van der Waals surface area contributed by atoms with Gasteiger partial charge < -0.3 is 10.3 Å². The highest BCUT2D eigenvalue weighted by Gasteiger charge is 2.07. The molecule has 7 heteroatoms. The molecule has 0 saturated heterocycles. The predicted molar refractivity (Wildman–Crippen MR) is 76.3 cm³/mol. The molecule has 2 aromatic rings. The molecule has 2 rings (SSSR count). The number of carbonyl (C=O) groups excluding carboxylic acids is 1. The number of pyridine rings is 1. The van der Waals surface area contributed by atoms with E-state index in [4.69, 9.17) is 0 Å². The number of halogens is 1. The number of phenols is 1. The van der Waals surface area contributed by atoms with Gasteiger partial charge in [0.2, 0.25) is 0 Å². The zero-order valence-electron chi connectivity index (χ0n) is 10.2. The average Bonchev–Trinajstić information content (AvgIpc) is 2.42. The van der Waals surface area contributed by atoms with Gasteiger partial charge in [-0.15, -0.1) is 0 Å². The molecular weight excluding hydrogens is 326 g/mol. The highest BCUT2D eigenvalue weighted by molar-refractivity contribution is 9.10. The van der Waals surface area contributed by atoms with Gasteiger partial charge in [0.15, 0.2) is 12.4 Å². The van der Waals surface area contributed by atoms with Crippen molar-refractivity contribution in [1.29, 1.82) is 0 Å². The van der Waals surface area contributed by atoms with E-state index in [0.29, 0.717) is 10.3 Å². The molecule has 0 aliphatic carbocycles. The maximum Gasteiger partial charge on any atom is 0.277 e. The van der Waals surface area contributed by atoms with E-state index < -0.39 is 5.91 Å². The van der Waals surface area contributed by atoms with E-state index in [-0.39, 0.29) is 11.3 Å². The van der Waals surface area contributed by atoms with Gasteiger partial charge in [-0.25, -0.2) is 5.43 Å². The Morgan fingerprint density at radius 2 is 2.25 bits per heavy atom. The summed E-state index contributed by atoms with van der Waals surface area (Å²) in [5, 5.41) is 24.3. The molecule has 6 nitrogen and oxygen atoms in total. The number of nitrogens with zero attached hydrogens (tertiary/aromatic N) is 2. The van der Waals surface area contributed by atoms with E-state index in [1.165, 1.54) is 30.6 Å². The Kier molecular flexibility index (Phi) is 4.31. The van der Waals surface area contributed by atoms with Gasteiger partial charge in [-0.05, 0) is 24.3 Å². The Balaban J connectivity index is 2.06. The number of aromatic nitrogens is 1. The summed E-state index contributed by atoms with van der Waals surface area (Å²) in [6.07, 6.45) is 3.73. The first-order valence-corrected chi connectivity index (χ1v) is 6.36. The van der Waals surface area contributed by atoms with Crippen LogP contribution in [0.3, 0.4) is 0 Å². The molecule has 1 amide bonds. The van der Waals surface area contributed by atoms with E-state index in [0.717, 1.165) is 10.7 Å². The van der Waals surface area contributed by atoms with Crippen molar-refractivity contribution in [3.8, 4) is 5.75 Å². The van der Waals surface area contributed by atoms with E-state index >= 15 is 0 Å². The lowest BCUT2D eigenvalue weighted by atomic mass is 10.2. The lowest BCUT2D eigenvalue weighted by Gasteiger charge is -2.01. The number of aromatic hydroxyl groups is 1. The molecule has 0 aliphatic rings. The Morgan fingerprint density at radius 3 is 3.00 bits per heavy atom. The van der Waals surface area contributed by atoms with Crippen LogP contribution in [0.4, 0.5) is 0 Å². The van der Waals surface area contributed by atoms with Crippen molar-refractivity contribution in [1.82, 2.24) is 5.43 Å². The maximum atomic E-state index is 11.7. The van der Waals surface area contributed by atoms with Crippen molar-refractivity contribution < 1.29 is 14.6 Å². The van der Waals surface area contributed by atoms with Crippen LogP contribution >= 0.6 is 15.9 Å². The highest BCUT2D eigenvalue weighted by Crippen LogP contribution is 2.19. The molecule has 2 N–H and O–H groups in total. The highest BCUT2D eigenvalue weighted by atomic mass is 79.9. The van der Waals surface area contributed by atoms with Crippen molar-refractivity contribution in [3.63, 3.8) is 0 Å². The largest absolute Gasteiger partial charge is 0.619 e. The predicted octanol–water partition coefficient (Wildman–Crippen LogP) is 1.55. The minimum absolute atomic E-state index is 0.0447. The fourth-order valence-corrected chi connectivity index (χ4v) is 1.82. The summed E-state index contributed by atoms with van der Waals surface area (Å²) in [7, 11) is 0. The molecule has 0 unspecified atom stereocenters. The van der Waals surface area contributed by atoms with Crippen molar-refractivity contribution in [2.45, 2.75) is 0 Å². The van der Waals surface area contributed by atoms with Crippen LogP contribution in [0.15, 0.2) is 52.3 Å². The number of hydrazone groups is 1. The first kappa shape index (κ1) is 14.0. The van der Waals surface area contributed by atoms with Crippen LogP contribution in [0.25, 0.3) is 0 Å². The third-order valence-corrected chi connectivity index (χ3v) is 2.89. The molecule has 1 aromatic heterocycles. The van der Waals surface area contributed by atoms with Gasteiger partial charge in [0.25, 0.3) is 5.91 Å². The van der Waals surface area contributed by atoms with Gasteiger partial charge in [-0.1, -0.05) is 15.9 Å². The first-order valence-electron chi connectivity index (χ1n) is 5.57. The van der Waals surface area contributed by atoms with E-state index in [2.05, 4.69) is 26.5 Å². The zero-order valence-corrected chi connectivity index (χ0v) is 11.7. The summed E-state index contributed by atoms with van der Waals surface area (Å²) in [5.74, 6) is -0.468. The maximum absolute atomic E-state index is 11.7. The molecule has 0 saturated carbocycles. The second-order valence-corrected chi connectivity index (χ2v) is 4.77. The normalized spacial score (nSPS) is 10.7. The van der Waals surface area contributed by atoms with Gasteiger partial charge in [0.05, 0.1) is 6.21 Å². The Bertz CT molecular complexity index is 674. The minimum atomic E-state index is -0.513. The summed E-state index contributed by atoms with van der Waals surface area (Å²) < 4.78 is 1.30. The SMILES string of the molecule is O=C(N/N=C/c1cc(Br)ccc1O)c1ccc[n+]([O-])c1. The fraction of sp³-hybridized carbons (Fsp3) is 0. The second-order valence-electron chi connectivity index (χ2n) is 3.85. The lowest BCUT2D eigenvalue weighted by molar-refractivity contribution is -0.605. The van der Waals surface area contributed by atoms with Gasteiger partial charge in [-0.3, -0.25) is 4.79 Å². The van der Waals surface area contributed by atoms with Gasteiger partial charge >= 0.3 is 0 Å². The smallest absolute Gasteiger partial charge is 0.277 e. The van der Waals surface area contributed by atoms with Crippen LogP contribution < -0.4 is 10.2 Å². The third-order valence-electron chi connectivity index (χ3n) is 2.40. The third kappa shape index (κ3) is 3.55. The van der Waals surface area contributed by atoms with Crippen molar-refractivity contribution >= 4 is 28.1 Å². The summed E-state index contributed by atoms with van der Waals surface area (Å²) in [6.45, 7) is 0. The number of carbonyl (C=O) groups is 1. The van der Waals surface area contributed by atoms with Crippen molar-refractivity contribution in [2.75, 3.05) is 0 Å².